The molecule has 1 aliphatic rings. The van der Waals surface area contributed by atoms with Crippen LogP contribution in [0.15, 0.2) is 23.1 Å². The number of benzene rings is 1. The van der Waals surface area contributed by atoms with Gasteiger partial charge < -0.3 is 10.6 Å². The molecule has 2 unspecified atom stereocenters. The van der Waals surface area contributed by atoms with Crippen LogP contribution < -0.4 is 10.6 Å². The average molecular weight is 385 g/mol. The van der Waals surface area contributed by atoms with Gasteiger partial charge in [0.1, 0.15) is 0 Å². The van der Waals surface area contributed by atoms with E-state index in [0.29, 0.717) is 18.3 Å². The highest BCUT2D eigenvalue weighted by Gasteiger charge is 2.22. The predicted molar refractivity (Wildman–Crippen MR) is 112 cm³/mol. The van der Waals surface area contributed by atoms with Crippen LogP contribution in [0.3, 0.4) is 0 Å². The molecule has 1 aromatic carbocycles. The van der Waals surface area contributed by atoms with E-state index in [1.807, 2.05) is 17.8 Å². The molecule has 2 rings (SSSR count). The summed E-state index contributed by atoms with van der Waals surface area (Å²) in [6.07, 6.45) is 3.06. The first kappa shape index (κ1) is 22.3. The number of carbonyl (C=O) groups is 1. The summed E-state index contributed by atoms with van der Waals surface area (Å²) in [5.41, 5.74) is 2.07. The highest BCUT2D eigenvalue weighted by Crippen LogP contribution is 2.33. The highest BCUT2D eigenvalue weighted by molar-refractivity contribution is 8.00. The molecule has 1 fully saturated rings. The number of rotatable bonds is 5. The molecule has 5 heteroatoms. The lowest BCUT2D eigenvalue weighted by molar-refractivity contribution is -0.117. The van der Waals surface area contributed by atoms with Crippen molar-refractivity contribution in [2.75, 3.05) is 18.4 Å². The minimum Gasteiger partial charge on any atom is -0.326 e. The maximum atomic E-state index is 12.4. The van der Waals surface area contributed by atoms with Crippen molar-refractivity contribution in [1.82, 2.24) is 5.32 Å². The summed E-state index contributed by atoms with van der Waals surface area (Å²) in [6, 6.07) is 6.31. The molecule has 1 heterocycles. The molecule has 142 valence electrons. The molecule has 3 nitrogen and oxygen atoms in total. The van der Waals surface area contributed by atoms with Crippen molar-refractivity contribution in [2.45, 2.75) is 63.5 Å². The van der Waals surface area contributed by atoms with E-state index in [-0.39, 0.29) is 23.1 Å². The van der Waals surface area contributed by atoms with Gasteiger partial charge in [-0.15, -0.1) is 24.2 Å². The summed E-state index contributed by atoms with van der Waals surface area (Å²) in [4.78, 5) is 13.6. The third-order valence-corrected chi connectivity index (χ3v) is 5.65. The van der Waals surface area contributed by atoms with Crippen LogP contribution in [0.4, 0.5) is 5.69 Å². The number of carbonyl (C=O) groups excluding carboxylic acids is 1. The smallest absolute Gasteiger partial charge is 0.224 e. The Morgan fingerprint density at radius 2 is 2.12 bits per heavy atom. The Morgan fingerprint density at radius 1 is 1.40 bits per heavy atom. The van der Waals surface area contributed by atoms with Crippen LogP contribution in [0, 0.1) is 18.8 Å². The number of nitrogens with one attached hydrogen (secondary N) is 2. The zero-order valence-corrected chi connectivity index (χ0v) is 17.8. The molecule has 1 aliphatic heterocycles. The largest absolute Gasteiger partial charge is 0.326 e. The minimum atomic E-state index is 0. The Bertz CT molecular complexity index is 565. The molecule has 0 aromatic heterocycles. The van der Waals surface area contributed by atoms with Crippen LogP contribution in [-0.4, -0.2) is 23.7 Å². The van der Waals surface area contributed by atoms with Gasteiger partial charge in [-0.05, 0) is 68.5 Å². The second-order valence-electron chi connectivity index (χ2n) is 8.03. The van der Waals surface area contributed by atoms with Gasteiger partial charge in [-0.25, -0.2) is 0 Å². The van der Waals surface area contributed by atoms with Gasteiger partial charge >= 0.3 is 0 Å². The van der Waals surface area contributed by atoms with Gasteiger partial charge in [-0.1, -0.05) is 27.7 Å². The Hall–Kier alpha value is -0.710. The molecule has 2 atom stereocenters. The van der Waals surface area contributed by atoms with Gasteiger partial charge in [0.05, 0.1) is 0 Å². The van der Waals surface area contributed by atoms with E-state index < -0.39 is 0 Å². The van der Waals surface area contributed by atoms with Crippen molar-refractivity contribution >= 4 is 35.8 Å². The molecule has 0 radical (unpaired) electrons. The maximum absolute atomic E-state index is 12.4. The summed E-state index contributed by atoms with van der Waals surface area (Å²) in [5.74, 6) is 1.18. The van der Waals surface area contributed by atoms with Crippen molar-refractivity contribution in [3.05, 3.63) is 23.8 Å². The summed E-state index contributed by atoms with van der Waals surface area (Å²) in [7, 11) is 0. The van der Waals surface area contributed by atoms with Crippen molar-refractivity contribution in [3.63, 3.8) is 0 Å². The first-order valence-corrected chi connectivity index (χ1v) is 9.86. The van der Waals surface area contributed by atoms with Crippen molar-refractivity contribution in [1.29, 1.82) is 0 Å². The van der Waals surface area contributed by atoms with E-state index in [9.17, 15) is 4.79 Å². The van der Waals surface area contributed by atoms with Crippen LogP contribution in [0.1, 0.15) is 52.5 Å². The molecule has 0 bridgehead atoms. The molecule has 2 N–H and O–H groups in total. The van der Waals surface area contributed by atoms with E-state index in [4.69, 9.17) is 0 Å². The number of hydrogen-bond acceptors (Lipinski definition) is 3. The lowest BCUT2D eigenvalue weighted by atomic mass is 9.85. The maximum Gasteiger partial charge on any atom is 0.224 e. The Morgan fingerprint density at radius 3 is 2.68 bits per heavy atom. The summed E-state index contributed by atoms with van der Waals surface area (Å²) < 4.78 is 0.195. The fourth-order valence-corrected chi connectivity index (χ4v) is 4.30. The number of amides is 1. The summed E-state index contributed by atoms with van der Waals surface area (Å²) >= 11 is 1.85. The third kappa shape index (κ3) is 7.59. The molecular weight excluding hydrogens is 352 g/mol. The fourth-order valence-electron chi connectivity index (χ4n) is 3.22. The highest BCUT2D eigenvalue weighted by atomic mass is 35.5. The van der Waals surface area contributed by atoms with Gasteiger partial charge in [-0.2, -0.15) is 0 Å². The lowest BCUT2D eigenvalue weighted by Gasteiger charge is -2.28. The molecule has 0 spiro atoms. The first-order valence-electron chi connectivity index (χ1n) is 9.05. The van der Waals surface area contributed by atoms with Gasteiger partial charge in [0.25, 0.3) is 0 Å². The SMILES string of the molecule is Cc1cc(SC(C)(C)C)ccc1NC(=O)CC(C)C1CCCNC1.Cl. The molecule has 0 aliphatic carbocycles. The molecule has 25 heavy (non-hydrogen) atoms. The first-order chi connectivity index (χ1) is 11.2. The lowest BCUT2D eigenvalue weighted by Crippen LogP contribution is -2.34. The van der Waals surface area contributed by atoms with Gasteiger partial charge in [0.2, 0.25) is 5.91 Å². The molecule has 1 amide bonds. The fraction of sp³-hybridized carbons (Fsp3) is 0.650. The second-order valence-corrected chi connectivity index (χ2v) is 9.93. The second kappa shape index (κ2) is 9.84. The normalized spacial score (nSPS) is 19.0. The van der Waals surface area contributed by atoms with Crippen LogP contribution in [0.5, 0.6) is 0 Å². The van der Waals surface area contributed by atoms with Crippen LogP contribution in [-0.2, 0) is 4.79 Å². The predicted octanol–water partition coefficient (Wildman–Crippen LogP) is 5.27. The number of hydrogen-bond donors (Lipinski definition) is 2. The minimum absolute atomic E-state index is 0. The van der Waals surface area contributed by atoms with Crippen molar-refractivity contribution < 1.29 is 4.79 Å². The van der Waals surface area contributed by atoms with E-state index in [1.54, 1.807) is 0 Å². The topological polar surface area (TPSA) is 41.1 Å². The monoisotopic (exact) mass is 384 g/mol. The third-order valence-electron chi connectivity index (χ3n) is 4.54. The summed E-state index contributed by atoms with van der Waals surface area (Å²) in [5, 5.41) is 6.54. The number of aryl methyl sites for hydroxylation is 1. The van der Waals surface area contributed by atoms with Crippen LogP contribution >= 0.6 is 24.2 Å². The zero-order chi connectivity index (χ0) is 17.7. The van der Waals surface area contributed by atoms with Crippen molar-refractivity contribution in [2.24, 2.45) is 11.8 Å². The average Bonchev–Trinajstić information content (AvgIpc) is 2.49. The number of thioether (sulfide) groups is 1. The molecular formula is C20H33ClN2OS. The van der Waals surface area contributed by atoms with Gasteiger partial charge in [0, 0.05) is 21.8 Å². The standard InChI is InChI=1S/C20H32N2OS.ClH/c1-14(16-7-6-10-21-13-16)12-19(23)22-18-9-8-17(11-15(18)2)24-20(3,4)5;/h8-9,11,14,16,21H,6-7,10,12-13H2,1-5H3,(H,22,23);1H. The quantitative estimate of drug-likeness (QED) is 0.679. The van der Waals surface area contributed by atoms with E-state index in [0.717, 1.165) is 24.3 Å². The van der Waals surface area contributed by atoms with E-state index in [2.05, 4.69) is 57.4 Å². The zero-order valence-electron chi connectivity index (χ0n) is 16.1. The number of halogens is 1. The summed E-state index contributed by atoms with van der Waals surface area (Å²) in [6.45, 7) is 13.1. The Kier molecular flexibility index (Phi) is 8.79. The Labute approximate surface area is 163 Å². The molecule has 1 saturated heterocycles. The van der Waals surface area contributed by atoms with E-state index >= 15 is 0 Å². The van der Waals surface area contributed by atoms with Crippen LogP contribution in [0.2, 0.25) is 0 Å². The molecule has 1 aromatic rings. The van der Waals surface area contributed by atoms with Gasteiger partial charge in [-0.3, -0.25) is 4.79 Å². The number of anilines is 1. The Balaban J connectivity index is 0.00000312. The van der Waals surface area contributed by atoms with Gasteiger partial charge in [0.15, 0.2) is 0 Å². The van der Waals surface area contributed by atoms with Crippen molar-refractivity contribution in [3.8, 4) is 0 Å². The number of piperidine rings is 1. The molecule has 0 saturated carbocycles. The van der Waals surface area contributed by atoms with Crippen LogP contribution in [0.25, 0.3) is 0 Å². The van der Waals surface area contributed by atoms with E-state index in [1.165, 1.54) is 17.7 Å².